The van der Waals surface area contributed by atoms with E-state index in [2.05, 4.69) is 5.32 Å². The van der Waals surface area contributed by atoms with Crippen molar-refractivity contribution in [1.29, 1.82) is 0 Å². The summed E-state index contributed by atoms with van der Waals surface area (Å²) in [4.78, 5) is 11.6. The zero-order valence-electron chi connectivity index (χ0n) is 9.44. The Hall–Kier alpha value is -1.55. The van der Waals surface area contributed by atoms with E-state index in [1.807, 2.05) is 6.92 Å². The summed E-state index contributed by atoms with van der Waals surface area (Å²) in [5, 5.41) is 11.9. The standard InChI is InChI=1S/C12H18N2O2/c1-9(6-7-13)8-14-12(16)10-2-4-11(15)5-3-10/h2-5,9,15H,6-8,13H2,1H3,(H,14,16). The van der Waals surface area contributed by atoms with Gasteiger partial charge in [0.15, 0.2) is 0 Å². The summed E-state index contributed by atoms with van der Waals surface area (Å²) in [7, 11) is 0. The van der Waals surface area contributed by atoms with E-state index >= 15 is 0 Å². The predicted octanol–water partition coefficient (Wildman–Crippen LogP) is 1.11. The van der Waals surface area contributed by atoms with Gasteiger partial charge >= 0.3 is 0 Å². The number of hydrogen-bond donors (Lipinski definition) is 3. The van der Waals surface area contributed by atoms with Gasteiger partial charge in [0, 0.05) is 12.1 Å². The Balaban J connectivity index is 2.43. The molecule has 0 heterocycles. The Kier molecular flexibility index (Phi) is 4.79. The number of carbonyl (C=O) groups is 1. The van der Waals surface area contributed by atoms with Crippen molar-refractivity contribution >= 4 is 5.91 Å². The molecule has 0 radical (unpaired) electrons. The molecule has 0 aliphatic heterocycles. The molecule has 0 saturated heterocycles. The second-order valence-corrected chi connectivity index (χ2v) is 3.94. The van der Waals surface area contributed by atoms with Crippen molar-refractivity contribution < 1.29 is 9.90 Å². The maximum atomic E-state index is 11.6. The molecule has 0 aliphatic rings. The molecule has 1 aromatic carbocycles. The van der Waals surface area contributed by atoms with Crippen molar-refractivity contribution in [2.24, 2.45) is 11.7 Å². The van der Waals surface area contributed by atoms with Gasteiger partial charge in [-0.15, -0.1) is 0 Å². The SMILES string of the molecule is CC(CCN)CNC(=O)c1ccc(O)cc1. The Labute approximate surface area is 95.5 Å². The van der Waals surface area contributed by atoms with Gasteiger partial charge in [0.2, 0.25) is 0 Å². The number of aromatic hydroxyl groups is 1. The van der Waals surface area contributed by atoms with Crippen LogP contribution in [0.2, 0.25) is 0 Å². The van der Waals surface area contributed by atoms with Crippen molar-refractivity contribution in [3.05, 3.63) is 29.8 Å². The molecule has 1 rings (SSSR count). The number of amides is 1. The van der Waals surface area contributed by atoms with Crippen molar-refractivity contribution in [3.63, 3.8) is 0 Å². The fraction of sp³-hybridized carbons (Fsp3) is 0.417. The Bertz CT molecular complexity index is 335. The lowest BCUT2D eigenvalue weighted by Gasteiger charge is -2.11. The van der Waals surface area contributed by atoms with E-state index in [0.717, 1.165) is 6.42 Å². The van der Waals surface area contributed by atoms with Gasteiger partial charge < -0.3 is 16.2 Å². The van der Waals surface area contributed by atoms with E-state index in [9.17, 15) is 4.79 Å². The van der Waals surface area contributed by atoms with Gasteiger partial charge in [0.05, 0.1) is 0 Å². The molecular formula is C12H18N2O2. The van der Waals surface area contributed by atoms with Gasteiger partial charge in [0.1, 0.15) is 5.75 Å². The second kappa shape index (κ2) is 6.12. The fourth-order valence-electron chi connectivity index (χ4n) is 1.37. The van der Waals surface area contributed by atoms with E-state index in [-0.39, 0.29) is 11.7 Å². The maximum absolute atomic E-state index is 11.6. The summed E-state index contributed by atoms with van der Waals surface area (Å²) in [6, 6.07) is 6.19. The molecule has 4 nitrogen and oxygen atoms in total. The van der Waals surface area contributed by atoms with Crippen molar-refractivity contribution in [2.75, 3.05) is 13.1 Å². The summed E-state index contributed by atoms with van der Waals surface area (Å²) < 4.78 is 0. The third-order valence-electron chi connectivity index (χ3n) is 2.40. The normalized spacial score (nSPS) is 12.1. The smallest absolute Gasteiger partial charge is 0.251 e. The molecule has 0 bridgehead atoms. The number of carbonyl (C=O) groups excluding carboxylic acids is 1. The van der Waals surface area contributed by atoms with Gasteiger partial charge in [-0.2, -0.15) is 0 Å². The molecule has 4 N–H and O–H groups in total. The quantitative estimate of drug-likeness (QED) is 0.698. The minimum Gasteiger partial charge on any atom is -0.508 e. The molecule has 16 heavy (non-hydrogen) atoms. The van der Waals surface area contributed by atoms with Crippen LogP contribution in [-0.2, 0) is 0 Å². The summed E-state index contributed by atoms with van der Waals surface area (Å²) in [5.74, 6) is 0.419. The van der Waals surface area contributed by atoms with Crippen LogP contribution in [0.3, 0.4) is 0 Å². The van der Waals surface area contributed by atoms with Gasteiger partial charge in [-0.1, -0.05) is 6.92 Å². The predicted molar refractivity (Wildman–Crippen MR) is 63.3 cm³/mol. The minimum absolute atomic E-state index is 0.121. The molecule has 1 amide bonds. The molecule has 1 unspecified atom stereocenters. The van der Waals surface area contributed by atoms with Crippen LogP contribution < -0.4 is 11.1 Å². The topological polar surface area (TPSA) is 75.3 Å². The molecule has 0 fully saturated rings. The molecule has 1 aromatic rings. The first-order valence-electron chi connectivity index (χ1n) is 5.40. The molecule has 0 aromatic heterocycles. The molecule has 0 spiro atoms. The zero-order chi connectivity index (χ0) is 12.0. The first-order valence-corrected chi connectivity index (χ1v) is 5.40. The average Bonchev–Trinajstić information content (AvgIpc) is 2.27. The van der Waals surface area contributed by atoms with E-state index in [4.69, 9.17) is 10.8 Å². The fourth-order valence-corrected chi connectivity index (χ4v) is 1.37. The summed E-state index contributed by atoms with van der Waals surface area (Å²) in [6.07, 6.45) is 0.899. The van der Waals surface area contributed by atoms with Crippen LogP contribution in [0.4, 0.5) is 0 Å². The number of nitrogens with two attached hydrogens (primary N) is 1. The van der Waals surface area contributed by atoms with Crippen LogP contribution in [0.15, 0.2) is 24.3 Å². The monoisotopic (exact) mass is 222 g/mol. The lowest BCUT2D eigenvalue weighted by atomic mass is 10.1. The maximum Gasteiger partial charge on any atom is 0.251 e. The van der Waals surface area contributed by atoms with Crippen LogP contribution in [0.5, 0.6) is 5.75 Å². The van der Waals surface area contributed by atoms with E-state index in [1.54, 1.807) is 12.1 Å². The van der Waals surface area contributed by atoms with Crippen LogP contribution in [0, 0.1) is 5.92 Å². The summed E-state index contributed by atoms with van der Waals surface area (Å²) >= 11 is 0. The van der Waals surface area contributed by atoms with Crippen molar-refractivity contribution in [1.82, 2.24) is 5.32 Å². The second-order valence-electron chi connectivity index (χ2n) is 3.94. The molecule has 88 valence electrons. The Morgan fingerprint density at radius 1 is 1.44 bits per heavy atom. The highest BCUT2D eigenvalue weighted by molar-refractivity contribution is 5.94. The third-order valence-corrected chi connectivity index (χ3v) is 2.40. The summed E-state index contributed by atoms with van der Waals surface area (Å²) in [5.41, 5.74) is 5.98. The number of hydrogen-bond acceptors (Lipinski definition) is 3. The third kappa shape index (κ3) is 3.90. The number of benzene rings is 1. The number of nitrogens with one attached hydrogen (secondary N) is 1. The first kappa shape index (κ1) is 12.5. The molecule has 0 aliphatic carbocycles. The highest BCUT2D eigenvalue weighted by Gasteiger charge is 2.07. The van der Waals surface area contributed by atoms with Gasteiger partial charge in [-0.05, 0) is 43.1 Å². The van der Waals surface area contributed by atoms with Gasteiger partial charge in [0.25, 0.3) is 5.91 Å². The molecule has 4 heteroatoms. The van der Waals surface area contributed by atoms with Gasteiger partial charge in [-0.25, -0.2) is 0 Å². The number of phenols is 1. The Morgan fingerprint density at radius 3 is 2.62 bits per heavy atom. The molecule has 1 atom stereocenters. The lowest BCUT2D eigenvalue weighted by molar-refractivity contribution is 0.0947. The average molecular weight is 222 g/mol. The van der Waals surface area contributed by atoms with Crippen LogP contribution >= 0.6 is 0 Å². The van der Waals surface area contributed by atoms with Gasteiger partial charge in [-0.3, -0.25) is 4.79 Å². The van der Waals surface area contributed by atoms with Crippen molar-refractivity contribution in [2.45, 2.75) is 13.3 Å². The molecule has 0 saturated carbocycles. The van der Waals surface area contributed by atoms with Crippen molar-refractivity contribution in [3.8, 4) is 5.75 Å². The number of phenolic OH excluding ortho intramolecular Hbond substituents is 1. The van der Waals surface area contributed by atoms with E-state index in [1.165, 1.54) is 12.1 Å². The van der Waals surface area contributed by atoms with E-state index in [0.29, 0.717) is 24.6 Å². The highest BCUT2D eigenvalue weighted by Crippen LogP contribution is 2.09. The highest BCUT2D eigenvalue weighted by atomic mass is 16.3. The van der Waals surface area contributed by atoms with Crippen LogP contribution in [0.25, 0.3) is 0 Å². The van der Waals surface area contributed by atoms with Crippen LogP contribution in [-0.4, -0.2) is 24.1 Å². The number of rotatable bonds is 5. The largest absolute Gasteiger partial charge is 0.508 e. The Morgan fingerprint density at radius 2 is 2.06 bits per heavy atom. The lowest BCUT2D eigenvalue weighted by Crippen LogP contribution is -2.29. The van der Waals surface area contributed by atoms with E-state index < -0.39 is 0 Å². The zero-order valence-corrected chi connectivity index (χ0v) is 9.44. The summed E-state index contributed by atoms with van der Waals surface area (Å²) in [6.45, 7) is 3.30. The minimum atomic E-state index is -0.121. The first-order chi connectivity index (χ1) is 7.63. The van der Waals surface area contributed by atoms with Crippen LogP contribution in [0.1, 0.15) is 23.7 Å². The molecular weight excluding hydrogens is 204 g/mol.